The molecule has 20 heavy (non-hydrogen) atoms. The highest BCUT2D eigenvalue weighted by atomic mass is 16.2. The normalized spacial score (nSPS) is 21.8. The number of nitrogens with one attached hydrogen (secondary N) is 1. The molecule has 1 aromatic rings. The van der Waals surface area contributed by atoms with E-state index in [1.54, 1.807) is 31.1 Å². The zero-order valence-electron chi connectivity index (χ0n) is 12.2. The molecule has 1 aromatic heterocycles. The zero-order chi connectivity index (χ0) is 14.8. The number of pyridine rings is 1. The lowest BCUT2D eigenvalue weighted by molar-refractivity contribution is -0.156. The predicted molar refractivity (Wildman–Crippen MR) is 75.7 cm³/mol. The van der Waals surface area contributed by atoms with E-state index in [9.17, 15) is 9.59 Å². The van der Waals surface area contributed by atoms with Gasteiger partial charge in [0.05, 0.1) is 0 Å². The van der Waals surface area contributed by atoms with Gasteiger partial charge in [-0.05, 0) is 38.0 Å². The molecule has 2 amide bonds. The summed E-state index contributed by atoms with van der Waals surface area (Å²) in [5.41, 5.74) is 0.149. The summed E-state index contributed by atoms with van der Waals surface area (Å²) in [5.74, 6) is -0.0992. The van der Waals surface area contributed by atoms with Crippen LogP contribution in [0.3, 0.4) is 0 Å². The molecule has 1 unspecified atom stereocenters. The molecule has 0 spiro atoms. The van der Waals surface area contributed by atoms with Crippen LogP contribution in [0.2, 0.25) is 0 Å². The smallest absolute Gasteiger partial charge is 0.246 e. The van der Waals surface area contributed by atoms with Crippen LogP contribution in [0.1, 0.15) is 39.2 Å². The largest absolute Gasteiger partial charge is 0.342 e. The average Bonchev–Trinajstić information content (AvgIpc) is 2.43. The van der Waals surface area contributed by atoms with E-state index in [-0.39, 0.29) is 11.8 Å². The first-order chi connectivity index (χ1) is 9.46. The standard InChI is InChI=1S/C15H21N3O2/c1-4-5-12-13(19)18(15(2,3)14(20)17-12)10-11-6-8-16-9-7-11/h6-9,12H,4-5,10H2,1-3H3,(H,17,20). The van der Waals surface area contributed by atoms with E-state index in [4.69, 9.17) is 0 Å². The number of hydrogen-bond acceptors (Lipinski definition) is 3. The fraction of sp³-hybridized carbons (Fsp3) is 0.533. The summed E-state index contributed by atoms with van der Waals surface area (Å²) in [7, 11) is 0. The molecule has 1 aliphatic heterocycles. The maximum atomic E-state index is 12.6. The number of amides is 2. The third-order valence-corrected chi connectivity index (χ3v) is 3.77. The van der Waals surface area contributed by atoms with Crippen LogP contribution in [0.5, 0.6) is 0 Å². The Morgan fingerprint density at radius 2 is 1.95 bits per heavy atom. The van der Waals surface area contributed by atoms with Crippen LogP contribution in [-0.2, 0) is 16.1 Å². The van der Waals surface area contributed by atoms with Crippen LogP contribution in [-0.4, -0.2) is 33.3 Å². The number of carbonyl (C=O) groups is 2. The lowest BCUT2D eigenvalue weighted by atomic mass is 9.93. The van der Waals surface area contributed by atoms with Gasteiger partial charge in [-0.2, -0.15) is 0 Å². The van der Waals surface area contributed by atoms with Gasteiger partial charge in [0.25, 0.3) is 0 Å². The van der Waals surface area contributed by atoms with Crippen LogP contribution < -0.4 is 5.32 Å². The molecular weight excluding hydrogens is 254 g/mol. The average molecular weight is 275 g/mol. The van der Waals surface area contributed by atoms with E-state index in [0.717, 1.165) is 12.0 Å². The van der Waals surface area contributed by atoms with Crippen molar-refractivity contribution >= 4 is 11.8 Å². The molecule has 1 aliphatic rings. The Bertz CT molecular complexity index is 499. The Hall–Kier alpha value is -1.91. The van der Waals surface area contributed by atoms with Gasteiger partial charge in [-0.25, -0.2) is 0 Å². The van der Waals surface area contributed by atoms with E-state index in [2.05, 4.69) is 10.3 Å². The fourth-order valence-corrected chi connectivity index (χ4v) is 2.41. The van der Waals surface area contributed by atoms with Crippen molar-refractivity contribution in [3.63, 3.8) is 0 Å². The van der Waals surface area contributed by atoms with Crippen LogP contribution in [0, 0.1) is 0 Å². The van der Waals surface area contributed by atoms with Crippen LogP contribution in [0.4, 0.5) is 0 Å². The first-order valence-corrected chi connectivity index (χ1v) is 6.98. The number of nitrogens with zero attached hydrogens (tertiary/aromatic N) is 2. The van der Waals surface area contributed by atoms with Crippen molar-refractivity contribution in [2.75, 3.05) is 0 Å². The number of rotatable bonds is 4. The van der Waals surface area contributed by atoms with Crippen molar-refractivity contribution in [3.05, 3.63) is 30.1 Å². The van der Waals surface area contributed by atoms with Gasteiger partial charge in [-0.3, -0.25) is 14.6 Å². The molecule has 2 rings (SSSR count). The van der Waals surface area contributed by atoms with E-state index in [1.165, 1.54) is 0 Å². The highest BCUT2D eigenvalue weighted by Crippen LogP contribution is 2.24. The zero-order valence-corrected chi connectivity index (χ0v) is 12.2. The molecule has 0 aromatic carbocycles. The van der Waals surface area contributed by atoms with Crippen molar-refractivity contribution in [2.24, 2.45) is 0 Å². The molecule has 2 heterocycles. The Kier molecular flexibility index (Phi) is 4.06. The highest BCUT2D eigenvalue weighted by molar-refractivity contribution is 5.99. The van der Waals surface area contributed by atoms with E-state index < -0.39 is 11.6 Å². The predicted octanol–water partition coefficient (Wildman–Crippen LogP) is 1.49. The molecule has 1 saturated heterocycles. The molecule has 108 valence electrons. The third-order valence-electron chi connectivity index (χ3n) is 3.77. The van der Waals surface area contributed by atoms with Gasteiger partial charge >= 0.3 is 0 Å². The van der Waals surface area contributed by atoms with Gasteiger partial charge in [0.1, 0.15) is 11.6 Å². The number of piperazine rings is 1. The SMILES string of the molecule is CCCC1NC(=O)C(C)(C)N(Cc2ccncc2)C1=O. The van der Waals surface area contributed by atoms with Gasteiger partial charge in [0, 0.05) is 18.9 Å². The first kappa shape index (κ1) is 14.5. The minimum Gasteiger partial charge on any atom is -0.342 e. The van der Waals surface area contributed by atoms with Gasteiger partial charge in [-0.15, -0.1) is 0 Å². The minimum atomic E-state index is -0.829. The first-order valence-electron chi connectivity index (χ1n) is 6.98. The van der Waals surface area contributed by atoms with Crippen molar-refractivity contribution in [1.82, 2.24) is 15.2 Å². The van der Waals surface area contributed by atoms with Crippen molar-refractivity contribution < 1.29 is 9.59 Å². The van der Waals surface area contributed by atoms with E-state index in [1.807, 2.05) is 19.1 Å². The molecule has 1 atom stereocenters. The van der Waals surface area contributed by atoms with Crippen LogP contribution in [0.15, 0.2) is 24.5 Å². The molecule has 0 radical (unpaired) electrons. The molecule has 0 saturated carbocycles. The topological polar surface area (TPSA) is 62.3 Å². The minimum absolute atomic E-state index is 0.00624. The lowest BCUT2D eigenvalue weighted by Gasteiger charge is -2.44. The van der Waals surface area contributed by atoms with E-state index >= 15 is 0 Å². The van der Waals surface area contributed by atoms with Crippen LogP contribution >= 0.6 is 0 Å². The summed E-state index contributed by atoms with van der Waals surface area (Å²) in [6.45, 7) is 6.00. The molecular formula is C15H21N3O2. The summed E-state index contributed by atoms with van der Waals surface area (Å²) in [6.07, 6.45) is 4.93. The fourth-order valence-electron chi connectivity index (χ4n) is 2.41. The second kappa shape index (κ2) is 5.61. The molecule has 0 bridgehead atoms. The third kappa shape index (κ3) is 2.66. The number of aromatic nitrogens is 1. The summed E-state index contributed by atoms with van der Waals surface area (Å²) < 4.78 is 0. The Labute approximate surface area is 119 Å². The van der Waals surface area contributed by atoms with Crippen molar-refractivity contribution in [1.29, 1.82) is 0 Å². The second-order valence-electron chi connectivity index (χ2n) is 5.65. The quantitative estimate of drug-likeness (QED) is 0.905. The summed E-state index contributed by atoms with van der Waals surface area (Å²) in [6, 6.07) is 3.33. The second-order valence-corrected chi connectivity index (χ2v) is 5.65. The summed E-state index contributed by atoms with van der Waals surface area (Å²) in [4.78, 5) is 30.4. The molecule has 1 N–H and O–H groups in total. The van der Waals surface area contributed by atoms with Gasteiger partial charge in [-0.1, -0.05) is 13.3 Å². The molecule has 1 fully saturated rings. The molecule has 5 heteroatoms. The molecule has 5 nitrogen and oxygen atoms in total. The maximum Gasteiger partial charge on any atom is 0.246 e. The Morgan fingerprint density at radius 1 is 1.30 bits per heavy atom. The monoisotopic (exact) mass is 275 g/mol. The number of carbonyl (C=O) groups excluding carboxylic acids is 2. The van der Waals surface area contributed by atoms with Gasteiger partial charge < -0.3 is 10.2 Å². The molecule has 0 aliphatic carbocycles. The maximum absolute atomic E-state index is 12.6. The Morgan fingerprint density at radius 3 is 2.55 bits per heavy atom. The van der Waals surface area contributed by atoms with E-state index in [0.29, 0.717) is 13.0 Å². The summed E-state index contributed by atoms with van der Waals surface area (Å²) in [5, 5.41) is 2.83. The summed E-state index contributed by atoms with van der Waals surface area (Å²) >= 11 is 0. The Balaban J connectivity index is 2.25. The van der Waals surface area contributed by atoms with Gasteiger partial charge in [0.2, 0.25) is 11.8 Å². The van der Waals surface area contributed by atoms with Crippen molar-refractivity contribution in [3.8, 4) is 0 Å². The highest BCUT2D eigenvalue weighted by Gasteiger charge is 2.45. The van der Waals surface area contributed by atoms with Crippen LogP contribution in [0.25, 0.3) is 0 Å². The lowest BCUT2D eigenvalue weighted by Crippen LogP contribution is -2.67. The van der Waals surface area contributed by atoms with Gasteiger partial charge in [0.15, 0.2) is 0 Å². The van der Waals surface area contributed by atoms with Crippen molar-refractivity contribution in [2.45, 2.75) is 51.7 Å². The number of hydrogen-bond donors (Lipinski definition) is 1.